The number of hydrogen-bond donors (Lipinski definition) is 1. The smallest absolute Gasteiger partial charge is 0.342 e. The van der Waals surface area contributed by atoms with E-state index in [9.17, 15) is 8.42 Å². The van der Waals surface area contributed by atoms with Gasteiger partial charge in [0.15, 0.2) is 0 Å². The SMILES string of the molecule is CN(CCc1ccccc1)C(=N)N1OS(=O)(=O)O1. The predicted molar refractivity (Wildman–Crippen MR) is 63.4 cm³/mol. The molecule has 0 unspecified atom stereocenters. The number of hydroxylamine groups is 2. The van der Waals surface area contributed by atoms with E-state index in [0.717, 1.165) is 12.0 Å². The summed E-state index contributed by atoms with van der Waals surface area (Å²) in [6.45, 7) is 0.548. The van der Waals surface area contributed by atoms with Crippen LogP contribution in [0, 0.1) is 5.41 Å². The highest BCUT2D eigenvalue weighted by molar-refractivity contribution is 7.82. The van der Waals surface area contributed by atoms with Crippen LogP contribution in [0.2, 0.25) is 0 Å². The topological polar surface area (TPSA) is 82.9 Å². The van der Waals surface area contributed by atoms with Gasteiger partial charge in [0.05, 0.1) is 0 Å². The first kappa shape index (κ1) is 12.8. The van der Waals surface area contributed by atoms with E-state index in [1.807, 2.05) is 30.3 Å². The molecule has 0 spiro atoms. The molecule has 0 atom stereocenters. The first-order chi connectivity index (χ1) is 8.48. The van der Waals surface area contributed by atoms with Crippen molar-refractivity contribution in [2.75, 3.05) is 13.6 Å². The van der Waals surface area contributed by atoms with Gasteiger partial charge in [0.2, 0.25) is 5.96 Å². The summed E-state index contributed by atoms with van der Waals surface area (Å²) in [7, 11) is -2.26. The van der Waals surface area contributed by atoms with Crippen molar-refractivity contribution in [3.63, 3.8) is 0 Å². The predicted octanol–water partition coefficient (Wildman–Crippen LogP) is 0.519. The minimum Gasteiger partial charge on any atom is -0.342 e. The maximum atomic E-state index is 10.6. The largest absolute Gasteiger partial charge is 0.446 e. The first-order valence-corrected chi connectivity index (χ1v) is 6.59. The lowest BCUT2D eigenvalue weighted by Gasteiger charge is -2.31. The minimum absolute atomic E-state index is 0.166. The Kier molecular flexibility index (Phi) is 3.50. The van der Waals surface area contributed by atoms with E-state index < -0.39 is 10.4 Å². The van der Waals surface area contributed by atoms with Crippen LogP contribution in [0.5, 0.6) is 0 Å². The van der Waals surface area contributed by atoms with Crippen molar-refractivity contribution in [2.45, 2.75) is 6.42 Å². The third-order valence-corrected chi connectivity index (χ3v) is 3.07. The summed E-state index contributed by atoms with van der Waals surface area (Å²) >= 11 is 0. The maximum absolute atomic E-state index is 10.6. The molecule has 98 valence electrons. The van der Waals surface area contributed by atoms with Gasteiger partial charge in [-0.15, -0.1) is 0 Å². The van der Waals surface area contributed by atoms with Gasteiger partial charge in [-0.1, -0.05) is 44.1 Å². The zero-order valence-electron chi connectivity index (χ0n) is 9.74. The van der Waals surface area contributed by atoms with Crippen LogP contribution < -0.4 is 0 Å². The molecule has 1 aliphatic rings. The molecule has 0 radical (unpaired) electrons. The molecule has 18 heavy (non-hydrogen) atoms. The van der Waals surface area contributed by atoms with E-state index in [-0.39, 0.29) is 5.96 Å². The van der Waals surface area contributed by atoms with Crippen LogP contribution in [-0.2, 0) is 25.4 Å². The first-order valence-electron chi connectivity index (χ1n) is 5.26. The van der Waals surface area contributed by atoms with Crippen molar-refractivity contribution in [2.24, 2.45) is 0 Å². The van der Waals surface area contributed by atoms with Gasteiger partial charge in [0.25, 0.3) is 0 Å². The van der Waals surface area contributed by atoms with E-state index >= 15 is 0 Å². The summed E-state index contributed by atoms with van der Waals surface area (Å²) in [4.78, 5) is 1.53. The Balaban J connectivity index is 1.82. The highest BCUT2D eigenvalue weighted by Crippen LogP contribution is 2.17. The highest BCUT2D eigenvalue weighted by atomic mass is 32.3. The zero-order valence-corrected chi connectivity index (χ0v) is 10.6. The molecule has 0 amide bonds. The van der Waals surface area contributed by atoms with E-state index in [1.54, 1.807) is 7.05 Å². The fraction of sp³-hybridized carbons (Fsp3) is 0.300. The summed E-state index contributed by atoms with van der Waals surface area (Å²) in [5, 5.41) is 8.19. The Hall–Kier alpha value is -1.64. The van der Waals surface area contributed by atoms with Crippen LogP contribution in [0.4, 0.5) is 0 Å². The molecule has 1 heterocycles. The normalized spacial score (nSPS) is 17.1. The Bertz CT molecular complexity index is 519. The number of hydrogen-bond acceptors (Lipinski definition) is 5. The van der Waals surface area contributed by atoms with Crippen molar-refractivity contribution >= 4 is 16.4 Å². The summed E-state index contributed by atoms with van der Waals surface area (Å²) in [6, 6.07) is 9.78. The Morgan fingerprint density at radius 2 is 1.94 bits per heavy atom. The van der Waals surface area contributed by atoms with Crippen LogP contribution in [0.25, 0.3) is 0 Å². The van der Waals surface area contributed by atoms with Crippen molar-refractivity contribution in [3.05, 3.63) is 35.9 Å². The highest BCUT2D eigenvalue weighted by Gasteiger charge is 2.39. The minimum atomic E-state index is -3.92. The molecular formula is C10H13N3O4S. The number of nitrogens with one attached hydrogen (secondary N) is 1. The zero-order chi connectivity index (χ0) is 13.2. The molecule has 1 fully saturated rings. The molecule has 2 rings (SSSR count). The van der Waals surface area contributed by atoms with Crippen LogP contribution in [0.1, 0.15) is 5.56 Å². The van der Waals surface area contributed by atoms with Gasteiger partial charge < -0.3 is 4.90 Å². The van der Waals surface area contributed by atoms with Crippen molar-refractivity contribution < 1.29 is 17.0 Å². The summed E-state index contributed by atoms with van der Waals surface area (Å²) in [5.74, 6) is -0.166. The van der Waals surface area contributed by atoms with Crippen LogP contribution in [0.15, 0.2) is 30.3 Å². The Morgan fingerprint density at radius 3 is 2.50 bits per heavy atom. The monoisotopic (exact) mass is 271 g/mol. The quantitative estimate of drug-likeness (QED) is 0.637. The van der Waals surface area contributed by atoms with Gasteiger partial charge in [0.1, 0.15) is 0 Å². The van der Waals surface area contributed by atoms with Crippen LogP contribution >= 0.6 is 0 Å². The molecule has 0 saturated carbocycles. The second kappa shape index (κ2) is 4.92. The number of guanidine groups is 1. The van der Waals surface area contributed by atoms with Crippen LogP contribution in [0.3, 0.4) is 0 Å². The molecule has 1 saturated heterocycles. The second-order valence-electron chi connectivity index (χ2n) is 3.80. The third kappa shape index (κ3) is 2.97. The maximum Gasteiger partial charge on any atom is 0.446 e. The molecule has 0 aromatic heterocycles. The van der Waals surface area contributed by atoms with E-state index in [1.165, 1.54) is 4.90 Å². The molecule has 8 heteroatoms. The fourth-order valence-corrected chi connectivity index (χ4v) is 1.91. The molecular weight excluding hydrogens is 258 g/mol. The molecule has 1 N–H and O–H groups in total. The molecule has 1 aliphatic heterocycles. The number of nitrogens with zero attached hydrogens (tertiary/aromatic N) is 2. The lowest BCUT2D eigenvalue weighted by Crippen LogP contribution is -2.51. The average molecular weight is 271 g/mol. The van der Waals surface area contributed by atoms with Gasteiger partial charge in [-0.2, -0.15) is 8.42 Å². The average Bonchev–Trinajstić information content (AvgIpc) is 2.33. The number of rotatable bonds is 3. The summed E-state index contributed by atoms with van der Waals surface area (Å²) < 4.78 is 29.8. The summed E-state index contributed by atoms with van der Waals surface area (Å²) in [6.07, 6.45) is 0.736. The Labute approximate surface area is 105 Å². The lowest BCUT2D eigenvalue weighted by atomic mass is 10.1. The number of benzene rings is 1. The van der Waals surface area contributed by atoms with Crippen LogP contribution in [-0.4, -0.2) is 38.1 Å². The fourth-order valence-electron chi connectivity index (χ4n) is 1.43. The molecule has 0 aliphatic carbocycles. The van der Waals surface area contributed by atoms with Gasteiger partial charge in [-0.3, -0.25) is 5.41 Å². The number of likely N-dealkylation sites (N-methyl/N-ethyl adjacent to an activating group) is 1. The molecule has 1 aromatic rings. The van der Waals surface area contributed by atoms with Crippen molar-refractivity contribution in [3.8, 4) is 0 Å². The van der Waals surface area contributed by atoms with Gasteiger partial charge in [-0.25, -0.2) is 0 Å². The lowest BCUT2D eigenvalue weighted by molar-refractivity contribution is -0.275. The molecule has 7 nitrogen and oxygen atoms in total. The van der Waals surface area contributed by atoms with Gasteiger partial charge in [-0.05, 0) is 12.0 Å². The molecule has 0 bridgehead atoms. The van der Waals surface area contributed by atoms with Crippen molar-refractivity contribution in [1.29, 1.82) is 5.41 Å². The van der Waals surface area contributed by atoms with E-state index in [4.69, 9.17) is 5.41 Å². The van der Waals surface area contributed by atoms with Crippen molar-refractivity contribution in [1.82, 2.24) is 10.1 Å². The third-order valence-electron chi connectivity index (χ3n) is 2.43. The Morgan fingerprint density at radius 1 is 1.33 bits per heavy atom. The van der Waals surface area contributed by atoms with E-state index in [2.05, 4.69) is 8.57 Å². The molecule has 1 aromatic carbocycles. The van der Waals surface area contributed by atoms with Gasteiger partial charge in [0, 0.05) is 13.6 Å². The standard InChI is InChI=1S/C10H13N3O4S/c1-12(8-7-9-5-3-2-4-6-9)10(11)13-16-18(14,15)17-13/h2-6,11H,7-8H2,1H3. The summed E-state index contributed by atoms with van der Waals surface area (Å²) in [5.41, 5.74) is 1.13. The van der Waals surface area contributed by atoms with E-state index in [0.29, 0.717) is 11.8 Å². The second-order valence-corrected chi connectivity index (χ2v) is 4.91. The van der Waals surface area contributed by atoms with Gasteiger partial charge >= 0.3 is 10.4 Å².